The Bertz CT molecular complexity index is 1170. The summed E-state index contributed by atoms with van der Waals surface area (Å²) in [6.07, 6.45) is 0. The number of sulfonamides is 1. The average molecular weight is 433 g/mol. The molecular weight excluding hydrogens is 415 g/mol. The van der Waals surface area contributed by atoms with Gasteiger partial charge < -0.3 is 5.32 Å². The quantitative estimate of drug-likeness (QED) is 0.625. The van der Waals surface area contributed by atoms with Gasteiger partial charge in [0.25, 0.3) is 15.9 Å². The van der Waals surface area contributed by atoms with Gasteiger partial charge in [0.05, 0.1) is 15.6 Å². The smallest absolute Gasteiger partial charge is 0.264 e. The van der Waals surface area contributed by atoms with Crippen LogP contribution < -0.4 is 9.62 Å². The molecule has 0 aliphatic carbocycles. The molecule has 0 saturated heterocycles. The molecule has 150 valence electrons. The number of aryl methyl sites for hydroxylation is 1. The summed E-state index contributed by atoms with van der Waals surface area (Å²) in [7, 11) is -2.26. The van der Waals surface area contributed by atoms with E-state index in [4.69, 9.17) is 11.6 Å². The van der Waals surface area contributed by atoms with Crippen LogP contribution in [0.3, 0.4) is 0 Å². The zero-order valence-electron chi connectivity index (χ0n) is 15.7. The Hall–Kier alpha value is -2.90. The van der Waals surface area contributed by atoms with Gasteiger partial charge in [-0.3, -0.25) is 9.10 Å². The molecule has 0 radical (unpaired) electrons. The van der Waals surface area contributed by atoms with Gasteiger partial charge in [-0.25, -0.2) is 12.8 Å². The van der Waals surface area contributed by atoms with Gasteiger partial charge in [0.1, 0.15) is 5.82 Å². The molecule has 3 aromatic rings. The zero-order chi connectivity index (χ0) is 21.2. The fourth-order valence-corrected chi connectivity index (χ4v) is 4.27. The van der Waals surface area contributed by atoms with Crippen molar-refractivity contribution in [3.63, 3.8) is 0 Å². The first-order chi connectivity index (χ1) is 13.7. The van der Waals surface area contributed by atoms with Gasteiger partial charge in [-0.2, -0.15) is 0 Å². The summed E-state index contributed by atoms with van der Waals surface area (Å²) in [6.45, 7) is 1.72. The second kappa shape index (κ2) is 8.23. The van der Waals surface area contributed by atoms with Crippen LogP contribution in [-0.4, -0.2) is 21.4 Å². The minimum atomic E-state index is -3.72. The fraction of sp³-hybridized carbons (Fsp3) is 0.0952. The van der Waals surface area contributed by atoms with Crippen molar-refractivity contribution >= 4 is 38.9 Å². The second-order valence-corrected chi connectivity index (χ2v) is 8.75. The standard InChI is InChI=1S/C21H18ClFN2O3S/c1-14-12-15(21(26)24-16-9-10-19(23)18(22)13-16)8-11-20(14)25(2)29(27,28)17-6-4-3-5-7-17/h3-13H,1-2H3,(H,24,26). The SMILES string of the molecule is Cc1cc(C(=O)Nc2ccc(F)c(Cl)c2)ccc1N(C)S(=O)(=O)c1ccccc1. The number of benzene rings is 3. The van der Waals surface area contributed by atoms with E-state index in [0.717, 1.165) is 6.07 Å². The summed E-state index contributed by atoms with van der Waals surface area (Å²) in [6, 6.07) is 16.7. The largest absolute Gasteiger partial charge is 0.322 e. The third kappa shape index (κ3) is 4.41. The van der Waals surface area contributed by atoms with E-state index >= 15 is 0 Å². The number of nitrogens with one attached hydrogen (secondary N) is 1. The van der Waals surface area contributed by atoms with Crippen molar-refractivity contribution in [3.05, 3.63) is 88.7 Å². The number of anilines is 2. The molecule has 1 amide bonds. The fourth-order valence-electron chi connectivity index (χ4n) is 2.81. The van der Waals surface area contributed by atoms with Gasteiger partial charge >= 0.3 is 0 Å². The van der Waals surface area contributed by atoms with Crippen molar-refractivity contribution in [2.75, 3.05) is 16.7 Å². The molecule has 0 saturated carbocycles. The van der Waals surface area contributed by atoms with Crippen molar-refractivity contribution < 1.29 is 17.6 Å². The second-order valence-electron chi connectivity index (χ2n) is 6.37. The van der Waals surface area contributed by atoms with Crippen molar-refractivity contribution in [1.29, 1.82) is 0 Å². The molecular formula is C21H18ClFN2O3S. The predicted octanol–water partition coefficient (Wildman–Crippen LogP) is 4.86. The summed E-state index contributed by atoms with van der Waals surface area (Å²) >= 11 is 5.73. The molecule has 3 rings (SSSR count). The van der Waals surface area contributed by atoms with E-state index in [-0.39, 0.29) is 9.92 Å². The lowest BCUT2D eigenvalue weighted by atomic mass is 10.1. The van der Waals surface area contributed by atoms with E-state index in [1.165, 1.54) is 41.7 Å². The minimum Gasteiger partial charge on any atom is -0.322 e. The molecule has 0 spiro atoms. The van der Waals surface area contributed by atoms with Crippen LogP contribution >= 0.6 is 11.6 Å². The Morgan fingerprint density at radius 3 is 2.34 bits per heavy atom. The first-order valence-corrected chi connectivity index (χ1v) is 10.4. The summed E-state index contributed by atoms with van der Waals surface area (Å²) in [5.41, 5.74) is 1.75. The maximum atomic E-state index is 13.3. The van der Waals surface area contributed by atoms with Crippen LogP contribution in [0.25, 0.3) is 0 Å². The lowest BCUT2D eigenvalue weighted by Gasteiger charge is -2.22. The van der Waals surface area contributed by atoms with E-state index in [0.29, 0.717) is 22.5 Å². The topological polar surface area (TPSA) is 66.5 Å². The van der Waals surface area contributed by atoms with E-state index in [1.807, 2.05) is 0 Å². The first-order valence-electron chi connectivity index (χ1n) is 8.61. The summed E-state index contributed by atoms with van der Waals surface area (Å²) in [5.74, 6) is -0.997. The van der Waals surface area contributed by atoms with Crippen molar-refractivity contribution in [2.45, 2.75) is 11.8 Å². The van der Waals surface area contributed by atoms with Crippen molar-refractivity contribution in [3.8, 4) is 0 Å². The number of hydrogen-bond acceptors (Lipinski definition) is 3. The Labute approximate surface area is 173 Å². The normalized spacial score (nSPS) is 11.2. The summed E-state index contributed by atoms with van der Waals surface area (Å²) in [5, 5.41) is 2.54. The van der Waals surface area contributed by atoms with Crippen LogP contribution in [0, 0.1) is 12.7 Å². The van der Waals surface area contributed by atoms with Crippen LogP contribution in [0.2, 0.25) is 5.02 Å². The Kier molecular flexibility index (Phi) is 5.91. The number of carbonyl (C=O) groups excluding carboxylic acids is 1. The number of nitrogens with zero attached hydrogens (tertiary/aromatic N) is 1. The molecule has 0 bridgehead atoms. The molecule has 0 fully saturated rings. The molecule has 3 aromatic carbocycles. The van der Waals surface area contributed by atoms with Crippen LogP contribution in [0.1, 0.15) is 15.9 Å². The monoisotopic (exact) mass is 432 g/mol. The zero-order valence-corrected chi connectivity index (χ0v) is 17.3. The molecule has 29 heavy (non-hydrogen) atoms. The molecule has 0 aromatic heterocycles. The summed E-state index contributed by atoms with van der Waals surface area (Å²) in [4.78, 5) is 12.7. The molecule has 0 unspecified atom stereocenters. The van der Waals surface area contributed by atoms with E-state index in [1.54, 1.807) is 37.3 Å². The number of rotatable bonds is 5. The Morgan fingerprint density at radius 1 is 1.03 bits per heavy atom. The third-order valence-electron chi connectivity index (χ3n) is 4.38. The molecule has 0 aliphatic heterocycles. The van der Waals surface area contributed by atoms with Crippen LogP contribution in [0.5, 0.6) is 0 Å². The maximum Gasteiger partial charge on any atom is 0.264 e. The van der Waals surface area contributed by atoms with Gasteiger partial charge in [0, 0.05) is 18.3 Å². The van der Waals surface area contributed by atoms with Gasteiger partial charge in [-0.1, -0.05) is 29.8 Å². The maximum absolute atomic E-state index is 13.3. The Balaban J connectivity index is 1.84. The van der Waals surface area contributed by atoms with E-state index in [9.17, 15) is 17.6 Å². The predicted molar refractivity (Wildman–Crippen MR) is 113 cm³/mol. The Morgan fingerprint density at radius 2 is 1.72 bits per heavy atom. The van der Waals surface area contributed by atoms with E-state index in [2.05, 4.69) is 5.32 Å². The van der Waals surface area contributed by atoms with Gasteiger partial charge in [0.2, 0.25) is 0 Å². The number of carbonyl (C=O) groups is 1. The van der Waals surface area contributed by atoms with Crippen molar-refractivity contribution in [2.24, 2.45) is 0 Å². The molecule has 0 aliphatic rings. The van der Waals surface area contributed by atoms with Crippen LogP contribution in [-0.2, 0) is 10.0 Å². The van der Waals surface area contributed by atoms with Crippen LogP contribution in [0.4, 0.5) is 15.8 Å². The molecule has 5 nitrogen and oxygen atoms in total. The minimum absolute atomic E-state index is 0.0953. The first kappa shape index (κ1) is 20.8. The van der Waals surface area contributed by atoms with Gasteiger partial charge in [0.15, 0.2) is 0 Å². The highest BCUT2D eigenvalue weighted by molar-refractivity contribution is 7.92. The molecule has 1 N–H and O–H groups in total. The molecule has 8 heteroatoms. The lowest BCUT2D eigenvalue weighted by Crippen LogP contribution is -2.27. The number of hydrogen-bond donors (Lipinski definition) is 1. The van der Waals surface area contributed by atoms with Gasteiger partial charge in [-0.05, 0) is 61.0 Å². The van der Waals surface area contributed by atoms with E-state index < -0.39 is 21.7 Å². The highest BCUT2D eigenvalue weighted by Gasteiger charge is 2.22. The third-order valence-corrected chi connectivity index (χ3v) is 6.45. The van der Waals surface area contributed by atoms with Gasteiger partial charge in [-0.15, -0.1) is 0 Å². The van der Waals surface area contributed by atoms with Crippen LogP contribution in [0.15, 0.2) is 71.6 Å². The molecule has 0 atom stereocenters. The molecule has 0 heterocycles. The highest BCUT2D eigenvalue weighted by Crippen LogP contribution is 2.27. The highest BCUT2D eigenvalue weighted by atomic mass is 35.5. The number of halogens is 2. The van der Waals surface area contributed by atoms with Crippen molar-refractivity contribution in [1.82, 2.24) is 0 Å². The average Bonchev–Trinajstić information content (AvgIpc) is 2.70. The summed E-state index contributed by atoms with van der Waals surface area (Å²) < 4.78 is 40.0. The lowest BCUT2D eigenvalue weighted by molar-refractivity contribution is 0.102. The number of amides is 1.